The minimum absolute atomic E-state index is 0.419. The van der Waals surface area contributed by atoms with E-state index in [9.17, 15) is 5.11 Å². The van der Waals surface area contributed by atoms with Gasteiger partial charge in [-0.15, -0.1) is 23.1 Å². The van der Waals surface area contributed by atoms with E-state index < -0.39 is 6.10 Å². The van der Waals surface area contributed by atoms with Crippen LogP contribution in [0.3, 0.4) is 0 Å². The topological polar surface area (TPSA) is 58.0 Å². The standard InChI is InChI=1S/C18H21N3OS2/c1-11(22)9-19-17-16-12(2)13(3)24-18(16)21-15(20-17)10-23-14-7-5-4-6-8-14/h4-8,11,22H,9-10H2,1-3H3,(H,19,20,21)/t11-/m0/s1. The van der Waals surface area contributed by atoms with Gasteiger partial charge in [0, 0.05) is 16.3 Å². The van der Waals surface area contributed by atoms with Crippen molar-refractivity contribution in [3.8, 4) is 0 Å². The average Bonchev–Trinajstić information content (AvgIpc) is 2.86. The summed E-state index contributed by atoms with van der Waals surface area (Å²) in [5.74, 6) is 2.36. The van der Waals surface area contributed by atoms with Gasteiger partial charge in [-0.1, -0.05) is 18.2 Å². The fourth-order valence-electron chi connectivity index (χ4n) is 2.40. The number of nitrogens with one attached hydrogen (secondary N) is 1. The van der Waals surface area contributed by atoms with Gasteiger partial charge in [0.25, 0.3) is 0 Å². The third-order valence-electron chi connectivity index (χ3n) is 3.75. The van der Waals surface area contributed by atoms with Crippen molar-refractivity contribution in [1.29, 1.82) is 0 Å². The summed E-state index contributed by atoms with van der Waals surface area (Å²) < 4.78 is 0. The smallest absolute Gasteiger partial charge is 0.142 e. The Labute approximate surface area is 150 Å². The fraction of sp³-hybridized carbons (Fsp3) is 0.333. The van der Waals surface area contributed by atoms with E-state index in [1.54, 1.807) is 30.0 Å². The van der Waals surface area contributed by atoms with Crippen LogP contribution in [0, 0.1) is 13.8 Å². The zero-order valence-corrected chi connectivity index (χ0v) is 15.7. The number of benzene rings is 1. The van der Waals surface area contributed by atoms with Gasteiger partial charge in [0.1, 0.15) is 16.5 Å². The monoisotopic (exact) mass is 359 g/mol. The molecule has 1 aromatic carbocycles. The first kappa shape index (κ1) is 17.2. The van der Waals surface area contributed by atoms with Crippen molar-refractivity contribution in [2.75, 3.05) is 11.9 Å². The predicted octanol–water partition coefficient (Wildman–Crippen LogP) is 4.39. The summed E-state index contributed by atoms with van der Waals surface area (Å²) in [5, 5.41) is 13.9. The number of rotatable bonds is 6. The molecule has 6 heteroatoms. The summed E-state index contributed by atoms with van der Waals surface area (Å²) in [6.07, 6.45) is -0.419. The number of anilines is 1. The van der Waals surface area contributed by atoms with Crippen molar-refractivity contribution < 1.29 is 5.11 Å². The van der Waals surface area contributed by atoms with E-state index in [0.717, 1.165) is 27.6 Å². The van der Waals surface area contributed by atoms with Crippen LogP contribution >= 0.6 is 23.1 Å². The zero-order valence-electron chi connectivity index (χ0n) is 14.0. The summed E-state index contributed by atoms with van der Waals surface area (Å²) in [4.78, 5) is 12.9. The van der Waals surface area contributed by atoms with E-state index in [0.29, 0.717) is 6.54 Å². The van der Waals surface area contributed by atoms with E-state index in [2.05, 4.69) is 31.3 Å². The molecule has 4 nitrogen and oxygen atoms in total. The van der Waals surface area contributed by atoms with Crippen LogP contribution in [0.2, 0.25) is 0 Å². The van der Waals surface area contributed by atoms with Gasteiger partial charge in [0.2, 0.25) is 0 Å². The van der Waals surface area contributed by atoms with Crippen LogP contribution in [0.5, 0.6) is 0 Å². The lowest BCUT2D eigenvalue weighted by molar-refractivity contribution is 0.208. The van der Waals surface area contributed by atoms with E-state index in [4.69, 9.17) is 9.97 Å². The highest BCUT2D eigenvalue weighted by molar-refractivity contribution is 7.98. The Hall–Kier alpha value is -1.63. The van der Waals surface area contributed by atoms with Gasteiger partial charge in [-0.05, 0) is 38.5 Å². The number of aliphatic hydroxyl groups is 1. The second-order valence-corrected chi connectivity index (χ2v) is 8.04. The SMILES string of the molecule is Cc1sc2nc(CSc3ccccc3)nc(NC[C@H](C)O)c2c1C. The predicted molar refractivity (Wildman–Crippen MR) is 103 cm³/mol. The van der Waals surface area contributed by atoms with Gasteiger partial charge < -0.3 is 10.4 Å². The van der Waals surface area contributed by atoms with Gasteiger partial charge in [-0.25, -0.2) is 9.97 Å². The van der Waals surface area contributed by atoms with Crippen LogP contribution in [0.15, 0.2) is 35.2 Å². The van der Waals surface area contributed by atoms with Crippen LogP contribution in [0.1, 0.15) is 23.2 Å². The maximum Gasteiger partial charge on any atom is 0.142 e. The minimum atomic E-state index is -0.419. The summed E-state index contributed by atoms with van der Waals surface area (Å²) in [7, 11) is 0. The average molecular weight is 360 g/mol. The van der Waals surface area contributed by atoms with Crippen molar-refractivity contribution in [2.24, 2.45) is 0 Å². The van der Waals surface area contributed by atoms with Gasteiger partial charge in [-0.2, -0.15) is 0 Å². The normalized spacial score (nSPS) is 12.5. The summed E-state index contributed by atoms with van der Waals surface area (Å²) in [5.41, 5.74) is 1.21. The first-order valence-electron chi connectivity index (χ1n) is 7.91. The van der Waals surface area contributed by atoms with Gasteiger partial charge >= 0.3 is 0 Å². The third-order valence-corrected chi connectivity index (χ3v) is 5.86. The fourth-order valence-corrected chi connectivity index (χ4v) is 4.22. The molecule has 126 valence electrons. The van der Waals surface area contributed by atoms with Crippen molar-refractivity contribution >= 4 is 39.1 Å². The molecule has 3 rings (SSSR count). The maximum atomic E-state index is 9.57. The molecule has 0 unspecified atom stereocenters. The van der Waals surface area contributed by atoms with Crippen LogP contribution in [-0.2, 0) is 5.75 Å². The molecule has 0 saturated carbocycles. The highest BCUT2D eigenvalue weighted by Crippen LogP contribution is 2.34. The Morgan fingerprint density at radius 2 is 1.96 bits per heavy atom. The molecule has 0 saturated heterocycles. The Kier molecular flexibility index (Phi) is 5.38. The number of fused-ring (bicyclic) bond motifs is 1. The maximum absolute atomic E-state index is 9.57. The molecule has 0 fully saturated rings. The Balaban J connectivity index is 1.90. The molecule has 24 heavy (non-hydrogen) atoms. The lowest BCUT2D eigenvalue weighted by atomic mass is 10.2. The molecule has 1 atom stereocenters. The molecular formula is C18H21N3OS2. The molecule has 3 aromatic rings. The first-order chi connectivity index (χ1) is 11.5. The van der Waals surface area contributed by atoms with E-state index in [-0.39, 0.29) is 0 Å². The summed E-state index contributed by atoms with van der Waals surface area (Å²) >= 11 is 3.43. The highest BCUT2D eigenvalue weighted by atomic mass is 32.2. The highest BCUT2D eigenvalue weighted by Gasteiger charge is 2.15. The van der Waals surface area contributed by atoms with Crippen molar-refractivity contribution in [1.82, 2.24) is 9.97 Å². The largest absolute Gasteiger partial charge is 0.392 e. The zero-order chi connectivity index (χ0) is 17.1. The number of aryl methyl sites for hydroxylation is 2. The van der Waals surface area contributed by atoms with E-state index >= 15 is 0 Å². The van der Waals surface area contributed by atoms with Gasteiger partial charge in [0.15, 0.2) is 0 Å². The molecule has 0 radical (unpaired) electrons. The number of nitrogens with zero attached hydrogens (tertiary/aromatic N) is 2. The Morgan fingerprint density at radius 3 is 2.67 bits per heavy atom. The van der Waals surface area contributed by atoms with Crippen molar-refractivity contribution in [3.63, 3.8) is 0 Å². The molecule has 0 bridgehead atoms. The molecule has 0 spiro atoms. The second-order valence-electron chi connectivity index (χ2n) is 5.78. The quantitative estimate of drug-likeness (QED) is 0.639. The van der Waals surface area contributed by atoms with Crippen LogP contribution in [0.25, 0.3) is 10.2 Å². The Bertz CT molecular complexity index is 831. The number of hydrogen-bond donors (Lipinski definition) is 2. The Morgan fingerprint density at radius 1 is 1.21 bits per heavy atom. The van der Waals surface area contributed by atoms with Gasteiger partial charge in [-0.3, -0.25) is 0 Å². The number of hydrogen-bond acceptors (Lipinski definition) is 6. The van der Waals surface area contributed by atoms with Gasteiger partial charge in [0.05, 0.1) is 17.2 Å². The number of aromatic nitrogens is 2. The van der Waals surface area contributed by atoms with Crippen molar-refractivity contribution in [3.05, 3.63) is 46.6 Å². The number of aliphatic hydroxyl groups excluding tert-OH is 1. The minimum Gasteiger partial charge on any atom is -0.392 e. The number of thioether (sulfide) groups is 1. The third kappa shape index (κ3) is 3.88. The molecule has 2 aromatic heterocycles. The molecule has 0 amide bonds. The summed E-state index contributed by atoms with van der Waals surface area (Å²) in [6.45, 7) is 6.46. The number of thiophene rings is 1. The van der Waals surface area contributed by atoms with Crippen molar-refractivity contribution in [2.45, 2.75) is 37.5 Å². The molecular weight excluding hydrogens is 338 g/mol. The molecule has 0 aliphatic heterocycles. The lowest BCUT2D eigenvalue weighted by Gasteiger charge is -2.11. The van der Waals surface area contributed by atoms with E-state index in [1.807, 2.05) is 18.2 Å². The lowest BCUT2D eigenvalue weighted by Crippen LogP contribution is -2.16. The molecule has 0 aliphatic carbocycles. The van der Waals surface area contributed by atoms with Crippen LogP contribution in [0.4, 0.5) is 5.82 Å². The second kappa shape index (κ2) is 7.51. The van der Waals surface area contributed by atoms with Crippen LogP contribution < -0.4 is 5.32 Å². The molecule has 2 heterocycles. The van der Waals surface area contributed by atoms with Crippen LogP contribution in [-0.4, -0.2) is 27.7 Å². The summed E-state index contributed by atoms with van der Waals surface area (Å²) in [6, 6.07) is 10.3. The molecule has 0 aliphatic rings. The van der Waals surface area contributed by atoms with E-state index in [1.165, 1.54) is 15.3 Å². The first-order valence-corrected chi connectivity index (χ1v) is 9.71. The molecule has 2 N–H and O–H groups in total.